The molecule has 0 atom stereocenters. The highest BCUT2D eigenvalue weighted by molar-refractivity contribution is 5.65. The summed E-state index contributed by atoms with van der Waals surface area (Å²) in [5.41, 5.74) is 1.16. The van der Waals surface area contributed by atoms with E-state index in [0.717, 1.165) is 43.2 Å². The van der Waals surface area contributed by atoms with Crippen LogP contribution in [-0.4, -0.2) is 12.6 Å². The van der Waals surface area contributed by atoms with E-state index in [0.29, 0.717) is 18.9 Å². The van der Waals surface area contributed by atoms with Gasteiger partial charge < -0.3 is 4.74 Å². The van der Waals surface area contributed by atoms with Crippen LogP contribution in [0.1, 0.15) is 75.3 Å². The molecule has 1 fully saturated rings. The first kappa shape index (κ1) is 15.9. The number of carbonyl (C=O) groups excluding carboxylic acids is 1. The quantitative estimate of drug-likeness (QED) is 0.440. The van der Waals surface area contributed by atoms with E-state index in [1.807, 2.05) is 0 Å². The second kappa shape index (κ2) is 7.53. The van der Waals surface area contributed by atoms with E-state index in [4.69, 9.17) is 4.74 Å². The van der Waals surface area contributed by atoms with Crippen LogP contribution in [0.15, 0.2) is 9.59 Å². The van der Waals surface area contributed by atoms with Crippen molar-refractivity contribution in [2.24, 2.45) is 0 Å². The maximum absolute atomic E-state index is 11.8. The van der Waals surface area contributed by atoms with Gasteiger partial charge in [0.1, 0.15) is 0 Å². The monoisotopic (exact) mass is 292 g/mol. The number of ether oxygens (including phenoxy) is 1. The zero-order chi connectivity index (χ0) is 15.2. The minimum absolute atomic E-state index is 0.225. The molecule has 1 aliphatic rings. The Kier molecular flexibility index (Phi) is 5.71. The van der Waals surface area contributed by atoms with E-state index in [1.54, 1.807) is 0 Å². The first-order valence-corrected chi connectivity index (χ1v) is 8.06. The molecule has 4 nitrogen and oxygen atoms in total. The molecule has 0 heterocycles. The zero-order valence-corrected chi connectivity index (χ0v) is 12.8. The molecule has 0 aromatic heterocycles. The van der Waals surface area contributed by atoms with Crippen molar-refractivity contribution in [1.29, 1.82) is 0 Å². The van der Waals surface area contributed by atoms with Crippen LogP contribution in [-0.2, 0) is 16.0 Å². The van der Waals surface area contributed by atoms with E-state index < -0.39 is 0 Å². The Morgan fingerprint density at radius 3 is 2.43 bits per heavy atom. The second-order valence-electron chi connectivity index (χ2n) is 6.04. The summed E-state index contributed by atoms with van der Waals surface area (Å²) in [6.07, 6.45) is 9.02. The molecule has 4 heteroatoms. The molecule has 2 rings (SSSR count). The highest BCUT2D eigenvalue weighted by Gasteiger charge is 2.28. The van der Waals surface area contributed by atoms with Gasteiger partial charge in [-0.25, -0.2) is 0 Å². The molecule has 116 valence electrons. The lowest BCUT2D eigenvalue weighted by Gasteiger charge is -2.24. The van der Waals surface area contributed by atoms with Gasteiger partial charge in [0.25, 0.3) is 0 Å². The average molecular weight is 292 g/mol. The average Bonchev–Trinajstić information content (AvgIpc) is 2.49. The molecule has 1 aliphatic carbocycles. The number of hydrogen-bond donors (Lipinski definition) is 0. The fourth-order valence-corrected chi connectivity index (χ4v) is 3.32. The summed E-state index contributed by atoms with van der Waals surface area (Å²) >= 11 is 0. The molecule has 1 saturated carbocycles. The molecular formula is C17H24O4. The third-order valence-electron chi connectivity index (χ3n) is 4.44. The number of unbranched alkanes of at least 4 members (excludes halogenated alkanes) is 2. The van der Waals surface area contributed by atoms with Crippen LogP contribution in [0.3, 0.4) is 0 Å². The van der Waals surface area contributed by atoms with Gasteiger partial charge in [0.2, 0.25) is 10.9 Å². The van der Waals surface area contributed by atoms with E-state index in [2.05, 4.69) is 0 Å². The fourth-order valence-electron chi connectivity index (χ4n) is 3.32. The van der Waals surface area contributed by atoms with Crippen molar-refractivity contribution in [2.45, 2.75) is 70.6 Å². The van der Waals surface area contributed by atoms with E-state index >= 15 is 0 Å². The molecule has 0 saturated heterocycles. The second-order valence-corrected chi connectivity index (χ2v) is 6.04. The number of rotatable bonds is 7. The van der Waals surface area contributed by atoms with Crippen LogP contribution >= 0.6 is 0 Å². The Morgan fingerprint density at radius 1 is 1.05 bits per heavy atom. The van der Waals surface area contributed by atoms with Crippen LogP contribution in [0.4, 0.5) is 0 Å². The van der Waals surface area contributed by atoms with Crippen LogP contribution in [0, 0.1) is 0 Å². The van der Waals surface area contributed by atoms with Gasteiger partial charge in [-0.3, -0.25) is 14.4 Å². The molecule has 21 heavy (non-hydrogen) atoms. The summed E-state index contributed by atoms with van der Waals surface area (Å²) in [4.78, 5) is 34.2. The van der Waals surface area contributed by atoms with Crippen molar-refractivity contribution in [3.63, 3.8) is 0 Å². The van der Waals surface area contributed by atoms with Gasteiger partial charge in [0.15, 0.2) is 0 Å². The normalized spacial score (nSPS) is 16.2. The van der Waals surface area contributed by atoms with Crippen LogP contribution in [0.5, 0.6) is 0 Å². The van der Waals surface area contributed by atoms with Crippen LogP contribution in [0.25, 0.3) is 0 Å². The minimum Gasteiger partial charge on any atom is -0.466 e. The van der Waals surface area contributed by atoms with E-state index in [-0.39, 0.29) is 16.8 Å². The molecule has 0 aliphatic heterocycles. The lowest BCUT2D eigenvalue weighted by molar-refractivity contribution is -0.141. The van der Waals surface area contributed by atoms with Crippen molar-refractivity contribution < 1.29 is 9.53 Å². The molecular weight excluding hydrogens is 268 g/mol. The SMILES string of the molecule is CC(=O)OCCCCCc1c(C2CCCCC2)c(=O)c1=O. The van der Waals surface area contributed by atoms with Crippen molar-refractivity contribution in [2.75, 3.05) is 6.61 Å². The number of hydrogen-bond acceptors (Lipinski definition) is 4. The topological polar surface area (TPSA) is 60.4 Å². The Morgan fingerprint density at radius 2 is 1.76 bits per heavy atom. The Bertz CT molecular complexity index is 545. The summed E-state index contributed by atoms with van der Waals surface area (Å²) in [5.74, 6) is 0.0806. The first-order valence-electron chi connectivity index (χ1n) is 8.06. The van der Waals surface area contributed by atoms with Crippen LogP contribution < -0.4 is 10.9 Å². The Labute approximate surface area is 125 Å². The Hall–Kier alpha value is -1.45. The van der Waals surface area contributed by atoms with Crippen molar-refractivity contribution in [3.8, 4) is 0 Å². The predicted octanol–water partition coefficient (Wildman–Crippen LogP) is 2.61. The van der Waals surface area contributed by atoms with E-state index in [9.17, 15) is 14.4 Å². The third kappa shape index (κ3) is 4.02. The smallest absolute Gasteiger partial charge is 0.302 e. The third-order valence-corrected chi connectivity index (χ3v) is 4.44. The van der Waals surface area contributed by atoms with Crippen LogP contribution in [0.2, 0.25) is 0 Å². The summed E-state index contributed by atoms with van der Waals surface area (Å²) in [6.45, 7) is 1.84. The lowest BCUT2D eigenvalue weighted by atomic mass is 9.78. The molecule has 0 spiro atoms. The van der Waals surface area contributed by atoms with E-state index in [1.165, 1.54) is 26.2 Å². The minimum atomic E-state index is -0.254. The van der Waals surface area contributed by atoms with Gasteiger partial charge >= 0.3 is 5.97 Å². The standard InChI is InChI=1S/C17H24O4/c1-12(18)21-11-7-3-6-10-14-15(17(20)16(14)19)13-8-4-2-5-9-13/h13H,2-11H2,1H3. The highest BCUT2D eigenvalue weighted by atomic mass is 16.5. The maximum atomic E-state index is 11.8. The van der Waals surface area contributed by atoms with Crippen molar-refractivity contribution in [1.82, 2.24) is 0 Å². The maximum Gasteiger partial charge on any atom is 0.302 e. The van der Waals surface area contributed by atoms with Crippen molar-refractivity contribution in [3.05, 3.63) is 31.6 Å². The summed E-state index contributed by atoms with van der Waals surface area (Å²) in [5, 5.41) is 0. The summed E-state index contributed by atoms with van der Waals surface area (Å²) < 4.78 is 4.87. The largest absolute Gasteiger partial charge is 0.466 e. The number of carbonyl (C=O) groups is 1. The molecule has 1 aromatic carbocycles. The molecule has 0 N–H and O–H groups in total. The highest BCUT2D eigenvalue weighted by Crippen LogP contribution is 2.32. The molecule has 0 unspecified atom stereocenters. The molecule has 0 bridgehead atoms. The first-order chi connectivity index (χ1) is 10.1. The molecule has 0 amide bonds. The van der Waals surface area contributed by atoms with Gasteiger partial charge in [-0.15, -0.1) is 0 Å². The summed E-state index contributed by atoms with van der Waals surface area (Å²) in [7, 11) is 0. The zero-order valence-electron chi connectivity index (χ0n) is 12.8. The van der Waals surface area contributed by atoms with Gasteiger partial charge in [-0.1, -0.05) is 19.3 Å². The van der Waals surface area contributed by atoms with Gasteiger partial charge in [0, 0.05) is 18.1 Å². The Balaban J connectivity index is 1.81. The number of esters is 1. The van der Waals surface area contributed by atoms with Crippen molar-refractivity contribution >= 4 is 5.97 Å². The molecule has 1 aromatic rings. The molecule has 0 radical (unpaired) electrons. The van der Waals surface area contributed by atoms with Gasteiger partial charge in [-0.2, -0.15) is 0 Å². The van der Waals surface area contributed by atoms with Gasteiger partial charge in [0.05, 0.1) is 6.61 Å². The summed E-state index contributed by atoms with van der Waals surface area (Å²) in [6, 6.07) is 0. The fraction of sp³-hybridized carbons (Fsp3) is 0.706. The predicted molar refractivity (Wildman–Crippen MR) is 81.4 cm³/mol. The lowest BCUT2D eigenvalue weighted by Crippen LogP contribution is -2.41. The van der Waals surface area contributed by atoms with Gasteiger partial charge in [-0.05, 0) is 44.4 Å².